The standard InChI is InChI=1S/C15H24F3NO4/c1-4-14(2,3)23-13(21)19-9-6-11(7-10-19)22-12(20)5-8-15(16,17)18/h11H,4-10H2,1-3H3. The molecule has 0 radical (unpaired) electrons. The first-order valence-corrected chi connectivity index (χ1v) is 7.76. The summed E-state index contributed by atoms with van der Waals surface area (Å²) in [5.41, 5.74) is -0.544. The largest absolute Gasteiger partial charge is 0.462 e. The van der Waals surface area contributed by atoms with Crippen LogP contribution in [0.4, 0.5) is 18.0 Å². The summed E-state index contributed by atoms with van der Waals surface area (Å²) in [5.74, 6) is -0.851. The number of piperidine rings is 1. The molecule has 1 heterocycles. The number of nitrogens with zero attached hydrogens (tertiary/aromatic N) is 1. The Labute approximate surface area is 134 Å². The number of rotatable bonds is 5. The van der Waals surface area contributed by atoms with E-state index in [1.807, 2.05) is 20.8 Å². The van der Waals surface area contributed by atoms with Gasteiger partial charge in [0.25, 0.3) is 0 Å². The summed E-state index contributed by atoms with van der Waals surface area (Å²) in [6, 6.07) is 0. The highest BCUT2D eigenvalue weighted by Crippen LogP contribution is 2.23. The van der Waals surface area contributed by atoms with Crippen molar-refractivity contribution in [3.8, 4) is 0 Å². The molecule has 0 bridgehead atoms. The zero-order valence-electron chi connectivity index (χ0n) is 13.7. The number of likely N-dealkylation sites (tertiary alicyclic amines) is 1. The molecule has 0 spiro atoms. The van der Waals surface area contributed by atoms with Crippen LogP contribution in [-0.2, 0) is 14.3 Å². The van der Waals surface area contributed by atoms with Crippen molar-refractivity contribution in [3.05, 3.63) is 0 Å². The third-order valence-electron chi connectivity index (χ3n) is 3.83. The number of carbonyl (C=O) groups excluding carboxylic acids is 2. The van der Waals surface area contributed by atoms with Crippen molar-refractivity contribution < 1.29 is 32.2 Å². The van der Waals surface area contributed by atoms with Crippen molar-refractivity contribution in [3.63, 3.8) is 0 Å². The molecule has 1 rings (SSSR count). The Morgan fingerprint density at radius 1 is 1.17 bits per heavy atom. The molecule has 1 saturated heterocycles. The van der Waals surface area contributed by atoms with Crippen LogP contribution >= 0.6 is 0 Å². The molecule has 0 unspecified atom stereocenters. The second-order valence-electron chi connectivity index (χ2n) is 6.27. The number of alkyl halides is 3. The fraction of sp³-hybridized carbons (Fsp3) is 0.867. The van der Waals surface area contributed by atoms with Crippen molar-refractivity contribution >= 4 is 12.1 Å². The average Bonchev–Trinajstić information content (AvgIpc) is 2.45. The first-order valence-electron chi connectivity index (χ1n) is 7.76. The molecule has 0 aliphatic carbocycles. The molecule has 1 fully saturated rings. The smallest absolute Gasteiger partial charge is 0.410 e. The highest BCUT2D eigenvalue weighted by molar-refractivity contribution is 5.70. The lowest BCUT2D eigenvalue weighted by Crippen LogP contribution is -2.44. The first kappa shape index (κ1) is 19.6. The van der Waals surface area contributed by atoms with E-state index in [1.54, 1.807) is 0 Å². The van der Waals surface area contributed by atoms with Crippen LogP contribution in [0, 0.1) is 0 Å². The summed E-state index contributed by atoms with van der Waals surface area (Å²) in [7, 11) is 0. The fourth-order valence-electron chi connectivity index (χ4n) is 2.02. The molecule has 0 N–H and O–H groups in total. The minimum Gasteiger partial charge on any atom is -0.462 e. The Morgan fingerprint density at radius 2 is 1.74 bits per heavy atom. The lowest BCUT2D eigenvalue weighted by Gasteiger charge is -2.33. The van der Waals surface area contributed by atoms with E-state index in [4.69, 9.17) is 9.47 Å². The Kier molecular flexibility index (Phi) is 6.70. The highest BCUT2D eigenvalue weighted by Gasteiger charge is 2.31. The molecule has 8 heteroatoms. The second-order valence-corrected chi connectivity index (χ2v) is 6.27. The van der Waals surface area contributed by atoms with Crippen molar-refractivity contribution in [1.29, 1.82) is 0 Å². The van der Waals surface area contributed by atoms with E-state index in [-0.39, 0.29) is 0 Å². The second kappa shape index (κ2) is 7.88. The maximum atomic E-state index is 12.0. The topological polar surface area (TPSA) is 55.8 Å². The van der Waals surface area contributed by atoms with E-state index in [9.17, 15) is 22.8 Å². The summed E-state index contributed by atoms with van der Waals surface area (Å²) in [6.07, 6.45) is -5.58. The Bertz CT molecular complexity index is 415. The van der Waals surface area contributed by atoms with E-state index in [2.05, 4.69) is 0 Å². The van der Waals surface area contributed by atoms with Gasteiger partial charge in [-0.2, -0.15) is 13.2 Å². The molecule has 1 aliphatic heterocycles. The molecule has 0 aromatic heterocycles. The number of esters is 1. The van der Waals surface area contributed by atoms with Gasteiger partial charge in [-0.1, -0.05) is 6.92 Å². The van der Waals surface area contributed by atoms with Gasteiger partial charge < -0.3 is 14.4 Å². The van der Waals surface area contributed by atoms with Crippen molar-refractivity contribution in [2.75, 3.05) is 13.1 Å². The minimum atomic E-state index is -4.36. The average molecular weight is 339 g/mol. The molecule has 0 aromatic carbocycles. The van der Waals surface area contributed by atoms with Crippen molar-refractivity contribution in [1.82, 2.24) is 4.90 Å². The summed E-state index contributed by atoms with van der Waals surface area (Å²) in [4.78, 5) is 24.9. The van der Waals surface area contributed by atoms with E-state index in [0.29, 0.717) is 32.4 Å². The maximum Gasteiger partial charge on any atom is 0.410 e. The molecule has 1 amide bonds. The Hall–Kier alpha value is -1.47. The van der Waals surface area contributed by atoms with Gasteiger partial charge in [-0.3, -0.25) is 4.79 Å². The zero-order valence-corrected chi connectivity index (χ0v) is 13.7. The number of amides is 1. The molecule has 5 nitrogen and oxygen atoms in total. The lowest BCUT2D eigenvalue weighted by atomic mass is 10.1. The predicted octanol–water partition coefficient (Wildman–Crippen LogP) is 3.66. The molecule has 1 aliphatic rings. The molecule has 0 atom stereocenters. The number of hydrogen-bond donors (Lipinski definition) is 0. The highest BCUT2D eigenvalue weighted by atomic mass is 19.4. The third kappa shape index (κ3) is 7.56. The molecule has 0 saturated carbocycles. The van der Waals surface area contributed by atoms with Gasteiger partial charge in [0, 0.05) is 25.9 Å². The quantitative estimate of drug-likeness (QED) is 0.717. The van der Waals surface area contributed by atoms with Gasteiger partial charge in [-0.15, -0.1) is 0 Å². The normalized spacial score (nSPS) is 17.0. The van der Waals surface area contributed by atoms with Crippen LogP contribution in [0.3, 0.4) is 0 Å². The van der Waals surface area contributed by atoms with Crippen LogP contribution in [0.1, 0.15) is 52.9 Å². The SMILES string of the molecule is CCC(C)(C)OC(=O)N1CCC(OC(=O)CCC(F)(F)F)CC1. The third-order valence-corrected chi connectivity index (χ3v) is 3.83. The predicted molar refractivity (Wildman–Crippen MR) is 76.8 cm³/mol. The minimum absolute atomic E-state index is 0.357. The van der Waals surface area contributed by atoms with Crippen LogP contribution in [0.5, 0.6) is 0 Å². The van der Waals surface area contributed by atoms with E-state index < -0.39 is 42.8 Å². The van der Waals surface area contributed by atoms with E-state index >= 15 is 0 Å². The molecular formula is C15H24F3NO4. The molecule has 23 heavy (non-hydrogen) atoms. The summed E-state index contributed by atoms with van der Waals surface area (Å²) in [6.45, 7) is 6.27. The monoisotopic (exact) mass is 339 g/mol. The van der Waals surface area contributed by atoms with Crippen LogP contribution in [0.2, 0.25) is 0 Å². The van der Waals surface area contributed by atoms with Gasteiger partial charge >= 0.3 is 18.2 Å². The van der Waals surface area contributed by atoms with Crippen LogP contribution in [-0.4, -0.2) is 47.9 Å². The lowest BCUT2D eigenvalue weighted by molar-refractivity contribution is -0.162. The van der Waals surface area contributed by atoms with Gasteiger partial charge in [0.2, 0.25) is 0 Å². The summed E-state index contributed by atoms with van der Waals surface area (Å²) < 4.78 is 46.5. The Balaban J connectivity index is 2.32. The first-order chi connectivity index (χ1) is 10.5. The van der Waals surface area contributed by atoms with E-state index in [0.717, 1.165) is 0 Å². The molecular weight excluding hydrogens is 315 g/mol. The van der Waals surface area contributed by atoms with Crippen molar-refractivity contribution in [2.24, 2.45) is 0 Å². The van der Waals surface area contributed by atoms with Crippen LogP contribution in [0.15, 0.2) is 0 Å². The summed E-state index contributed by atoms with van der Waals surface area (Å²) >= 11 is 0. The Morgan fingerprint density at radius 3 is 2.22 bits per heavy atom. The zero-order chi connectivity index (χ0) is 17.7. The van der Waals surface area contributed by atoms with Gasteiger partial charge in [0.15, 0.2) is 0 Å². The van der Waals surface area contributed by atoms with Crippen LogP contribution < -0.4 is 0 Å². The summed E-state index contributed by atoms with van der Waals surface area (Å²) in [5, 5.41) is 0. The van der Waals surface area contributed by atoms with Gasteiger partial charge in [-0.25, -0.2) is 4.79 Å². The number of ether oxygens (including phenoxy) is 2. The van der Waals surface area contributed by atoms with Crippen molar-refractivity contribution in [2.45, 2.75) is 70.8 Å². The number of carbonyl (C=O) groups is 2. The fourth-order valence-corrected chi connectivity index (χ4v) is 2.02. The van der Waals surface area contributed by atoms with Crippen LogP contribution in [0.25, 0.3) is 0 Å². The van der Waals surface area contributed by atoms with E-state index in [1.165, 1.54) is 4.90 Å². The number of hydrogen-bond acceptors (Lipinski definition) is 4. The number of halogens is 3. The molecule has 134 valence electrons. The maximum absolute atomic E-state index is 12.0. The van der Waals surface area contributed by atoms with Gasteiger partial charge in [0.1, 0.15) is 11.7 Å². The van der Waals surface area contributed by atoms with Gasteiger partial charge in [-0.05, 0) is 20.3 Å². The molecule has 0 aromatic rings. The van der Waals surface area contributed by atoms with Gasteiger partial charge in [0.05, 0.1) is 12.8 Å².